The van der Waals surface area contributed by atoms with Gasteiger partial charge in [-0.3, -0.25) is 0 Å². The third kappa shape index (κ3) is 7.65. The zero-order valence-electron chi connectivity index (χ0n) is 23.4. The van der Waals surface area contributed by atoms with Crippen LogP contribution in [0.25, 0.3) is 0 Å². The third-order valence-electron chi connectivity index (χ3n) is 7.21. The molecule has 0 unspecified atom stereocenters. The number of aryl methyl sites for hydroxylation is 1. The molecule has 0 radical (unpaired) electrons. The van der Waals surface area contributed by atoms with Gasteiger partial charge in [-0.25, -0.2) is 5.43 Å². The van der Waals surface area contributed by atoms with Crippen molar-refractivity contribution in [2.75, 3.05) is 28.7 Å². The smallest absolute Gasteiger partial charge is 0.250 e. The van der Waals surface area contributed by atoms with Crippen molar-refractivity contribution >= 4 is 52.9 Å². The number of nitrogens with one attached hydrogen (secondary N) is 2. The van der Waals surface area contributed by atoms with Gasteiger partial charge >= 0.3 is 0 Å². The zero-order valence-corrected chi connectivity index (χ0v) is 24.9. The number of rotatable bonds is 9. The van der Waals surface area contributed by atoms with Gasteiger partial charge in [-0.1, -0.05) is 48.3 Å². The lowest BCUT2D eigenvalue weighted by molar-refractivity contribution is 0.306. The first-order valence-electron chi connectivity index (χ1n) is 13.6. The minimum Gasteiger partial charge on any atom is -0.489 e. The molecule has 2 N–H and O–H groups in total. The normalized spacial score (nSPS) is 13.9. The highest BCUT2D eigenvalue weighted by Gasteiger charge is 2.20. The molecule has 10 heteroatoms. The van der Waals surface area contributed by atoms with Crippen LogP contribution in [0.4, 0.5) is 23.5 Å². The topological polar surface area (TPSA) is 87.6 Å². The van der Waals surface area contributed by atoms with Gasteiger partial charge < -0.3 is 15.0 Å². The molecule has 1 aliphatic rings. The number of hydrogen-bond acceptors (Lipinski definition) is 8. The Hall–Kier alpha value is -3.88. The van der Waals surface area contributed by atoms with Crippen molar-refractivity contribution in [3.63, 3.8) is 0 Å². The Bertz CT molecular complexity index is 1520. The van der Waals surface area contributed by atoms with Crippen LogP contribution in [0.3, 0.4) is 0 Å². The monoisotopic (exact) mass is 589 g/mol. The predicted octanol–water partition coefficient (Wildman–Crippen LogP) is 7.80. The number of hydrazone groups is 1. The van der Waals surface area contributed by atoms with E-state index in [4.69, 9.17) is 32.9 Å². The molecule has 0 amide bonds. The molecule has 0 spiro atoms. The van der Waals surface area contributed by atoms with Gasteiger partial charge in [0.05, 0.1) is 6.21 Å². The van der Waals surface area contributed by atoms with Gasteiger partial charge in [-0.2, -0.15) is 20.1 Å². The number of benzene rings is 3. The van der Waals surface area contributed by atoms with Gasteiger partial charge in [0.2, 0.25) is 17.8 Å². The van der Waals surface area contributed by atoms with E-state index < -0.39 is 0 Å². The zero-order chi connectivity index (χ0) is 28.8. The lowest BCUT2D eigenvalue weighted by Crippen LogP contribution is -2.34. The lowest BCUT2D eigenvalue weighted by Gasteiger charge is -2.30. The summed E-state index contributed by atoms with van der Waals surface area (Å²) >= 11 is 12.2. The lowest BCUT2D eigenvalue weighted by atomic mass is 10.00. The minimum absolute atomic E-state index is 0.348. The highest BCUT2D eigenvalue weighted by atomic mass is 35.5. The first-order chi connectivity index (χ1) is 19.8. The van der Waals surface area contributed by atoms with E-state index in [0.29, 0.717) is 40.4 Å². The quantitative estimate of drug-likeness (QED) is 0.152. The second-order valence-electron chi connectivity index (χ2n) is 10.3. The Morgan fingerprint density at radius 3 is 2.49 bits per heavy atom. The molecule has 0 saturated carbocycles. The van der Waals surface area contributed by atoms with Crippen LogP contribution in [0.2, 0.25) is 10.0 Å². The predicted molar refractivity (Wildman–Crippen MR) is 168 cm³/mol. The van der Waals surface area contributed by atoms with E-state index in [9.17, 15) is 0 Å². The first-order valence-corrected chi connectivity index (χ1v) is 14.4. The van der Waals surface area contributed by atoms with E-state index in [1.807, 2.05) is 42.5 Å². The average Bonchev–Trinajstić information content (AvgIpc) is 2.96. The van der Waals surface area contributed by atoms with Gasteiger partial charge in [0.25, 0.3) is 0 Å². The number of anilines is 4. The summed E-state index contributed by atoms with van der Waals surface area (Å²) in [6, 6.07) is 19.1. The van der Waals surface area contributed by atoms with Gasteiger partial charge in [0.15, 0.2) is 0 Å². The summed E-state index contributed by atoms with van der Waals surface area (Å²) in [7, 11) is 0. The number of aromatic nitrogens is 3. The number of halogens is 2. The summed E-state index contributed by atoms with van der Waals surface area (Å²) < 4.78 is 5.87. The summed E-state index contributed by atoms with van der Waals surface area (Å²) in [5.41, 5.74) is 8.06. The highest BCUT2D eigenvalue weighted by Crippen LogP contribution is 2.26. The van der Waals surface area contributed by atoms with Crippen molar-refractivity contribution in [2.45, 2.75) is 40.2 Å². The molecule has 0 bridgehead atoms. The molecule has 41 heavy (non-hydrogen) atoms. The summed E-state index contributed by atoms with van der Waals surface area (Å²) in [5, 5.41) is 8.94. The van der Waals surface area contributed by atoms with Crippen LogP contribution in [0.1, 0.15) is 42.0 Å². The fraction of sp³-hybridized carbons (Fsp3) is 0.290. The molecule has 212 valence electrons. The third-order valence-corrected chi connectivity index (χ3v) is 7.80. The van der Waals surface area contributed by atoms with Crippen LogP contribution < -0.4 is 20.4 Å². The molecule has 1 aliphatic heterocycles. The van der Waals surface area contributed by atoms with Crippen molar-refractivity contribution in [2.24, 2.45) is 11.0 Å². The second-order valence-corrected chi connectivity index (χ2v) is 11.1. The van der Waals surface area contributed by atoms with E-state index in [1.165, 1.54) is 5.56 Å². The Morgan fingerprint density at radius 2 is 1.73 bits per heavy atom. The summed E-state index contributed by atoms with van der Waals surface area (Å²) in [6.07, 6.45) is 3.93. The summed E-state index contributed by atoms with van der Waals surface area (Å²) in [6.45, 7) is 8.63. The molecule has 3 aromatic carbocycles. The maximum Gasteiger partial charge on any atom is 0.250 e. The summed E-state index contributed by atoms with van der Waals surface area (Å²) in [5.74, 6) is 2.91. The average molecular weight is 591 g/mol. The molecule has 8 nitrogen and oxygen atoms in total. The Labute approximate surface area is 250 Å². The van der Waals surface area contributed by atoms with Crippen LogP contribution in [0.15, 0.2) is 65.8 Å². The molecule has 1 aromatic heterocycles. The molecular weight excluding hydrogens is 557 g/mol. The Kier molecular flexibility index (Phi) is 9.21. The molecular formula is C31H33Cl2N7O. The maximum atomic E-state index is 6.24. The summed E-state index contributed by atoms with van der Waals surface area (Å²) in [4.78, 5) is 16.2. The molecule has 2 heterocycles. The first kappa shape index (κ1) is 28.6. The van der Waals surface area contributed by atoms with Crippen molar-refractivity contribution in [1.29, 1.82) is 0 Å². The number of nitrogens with zero attached hydrogens (tertiary/aromatic N) is 5. The van der Waals surface area contributed by atoms with Crippen molar-refractivity contribution in [3.05, 3.63) is 93.0 Å². The fourth-order valence-electron chi connectivity index (χ4n) is 4.44. The maximum absolute atomic E-state index is 6.24. The van der Waals surface area contributed by atoms with Gasteiger partial charge in [0.1, 0.15) is 12.4 Å². The molecule has 0 atom stereocenters. The number of hydrogen-bond donors (Lipinski definition) is 2. The van der Waals surface area contributed by atoms with Crippen LogP contribution in [0.5, 0.6) is 5.75 Å². The van der Waals surface area contributed by atoms with Crippen molar-refractivity contribution < 1.29 is 4.74 Å². The van der Waals surface area contributed by atoms with Gasteiger partial charge in [-0.05, 0) is 91.8 Å². The Morgan fingerprint density at radius 1 is 0.976 bits per heavy atom. The largest absolute Gasteiger partial charge is 0.489 e. The highest BCUT2D eigenvalue weighted by molar-refractivity contribution is 6.35. The minimum atomic E-state index is 0.348. The molecule has 0 aliphatic carbocycles. The standard InChI is InChI=1S/C31H33Cl2N7O/c1-20-13-15-40(16-14-20)31-37-29(35-28-6-4-5-21(2)22(28)3)36-30(38-31)39-34-18-23-7-11-26(12-8-23)41-19-24-9-10-25(32)17-27(24)33/h4-12,17-18,20H,13-16,19H2,1-3H3,(H2,35,36,37,38,39). The van der Waals surface area contributed by atoms with Crippen molar-refractivity contribution in [1.82, 2.24) is 15.0 Å². The van der Waals surface area contributed by atoms with Gasteiger partial charge in [-0.15, -0.1) is 0 Å². The van der Waals surface area contributed by atoms with E-state index in [-0.39, 0.29) is 0 Å². The Balaban J connectivity index is 1.27. The molecule has 1 saturated heterocycles. The van der Waals surface area contributed by atoms with Gasteiger partial charge in [0, 0.05) is 34.4 Å². The van der Waals surface area contributed by atoms with E-state index >= 15 is 0 Å². The number of piperidine rings is 1. The van der Waals surface area contributed by atoms with Crippen LogP contribution in [-0.4, -0.2) is 34.3 Å². The van der Waals surface area contributed by atoms with Crippen molar-refractivity contribution in [3.8, 4) is 5.75 Å². The SMILES string of the molecule is Cc1cccc(Nc2nc(NN=Cc3ccc(OCc4ccc(Cl)cc4Cl)cc3)nc(N3CCC(C)CC3)n2)c1C. The van der Waals surface area contributed by atoms with Crippen LogP contribution in [0, 0.1) is 19.8 Å². The van der Waals surface area contributed by atoms with E-state index in [1.54, 1.807) is 18.3 Å². The molecule has 4 aromatic rings. The second kappa shape index (κ2) is 13.2. The fourth-order valence-corrected chi connectivity index (χ4v) is 4.91. The van der Waals surface area contributed by atoms with E-state index in [0.717, 1.165) is 54.1 Å². The molecule has 5 rings (SSSR count). The number of ether oxygens (including phenoxy) is 1. The molecule has 1 fully saturated rings. The van der Waals surface area contributed by atoms with Crippen LogP contribution >= 0.6 is 23.2 Å². The van der Waals surface area contributed by atoms with Crippen LogP contribution in [-0.2, 0) is 6.61 Å². The van der Waals surface area contributed by atoms with E-state index in [2.05, 4.69) is 57.5 Å².